The zero-order chi connectivity index (χ0) is 15.7. The molecule has 6 heteroatoms. The molecule has 0 unspecified atom stereocenters. The summed E-state index contributed by atoms with van der Waals surface area (Å²) in [6.45, 7) is 7.16. The molecule has 0 saturated heterocycles. The van der Waals surface area contributed by atoms with Gasteiger partial charge in [0.2, 0.25) is 10.0 Å². The normalized spacial score (nSPS) is 11.2. The van der Waals surface area contributed by atoms with Gasteiger partial charge >= 0.3 is 0 Å². The Balaban J connectivity index is 2.83. The molecule has 0 aliphatic rings. The Morgan fingerprint density at radius 2 is 1.90 bits per heavy atom. The quantitative estimate of drug-likeness (QED) is 0.724. The van der Waals surface area contributed by atoms with Crippen molar-refractivity contribution in [3.8, 4) is 11.8 Å². The molecule has 5 nitrogen and oxygen atoms in total. The molecule has 0 saturated carbocycles. The smallest absolute Gasteiger partial charge is 0.241 e. The molecule has 0 spiro atoms. The van der Waals surface area contributed by atoms with E-state index >= 15 is 0 Å². The zero-order valence-corrected chi connectivity index (χ0v) is 13.4. The van der Waals surface area contributed by atoms with Crippen LogP contribution < -0.4 is 10.5 Å². The summed E-state index contributed by atoms with van der Waals surface area (Å²) in [5.41, 5.74) is 5.81. The largest absolute Gasteiger partial charge is 0.320 e. The summed E-state index contributed by atoms with van der Waals surface area (Å²) in [5, 5.41) is 0. The van der Waals surface area contributed by atoms with Crippen LogP contribution in [-0.2, 0) is 10.0 Å². The Hall–Kier alpha value is -1.39. The first-order chi connectivity index (χ1) is 10.0. The van der Waals surface area contributed by atoms with Crippen molar-refractivity contribution in [2.75, 3.05) is 32.7 Å². The number of hydrogen-bond donors (Lipinski definition) is 2. The minimum Gasteiger partial charge on any atom is -0.320 e. The SMILES string of the molecule is CCN(CC)CCNS(=O)(=O)c1ccccc1C#CCN. The Bertz CT molecular complexity index is 599. The Labute approximate surface area is 127 Å². The third-order valence-corrected chi connectivity index (χ3v) is 4.64. The molecule has 0 aliphatic heterocycles. The predicted molar refractivity (Wildman–Crippen MR) is 85.4 cm³/mol. The van der Waals surface area contributed by atoms with Crippen LogP contribution in [0.5, 0.6) is 0 Å². The van der Waals surface area contributed by atoms with E-state index in [1.54, 1.807) is 24.3 Å². The lowest BCUT2D eigenvalue weighted by atomic mass is 10.2. The summed E-state index contributed by atoms with van der Waals surface area (Å²) in [5.74, 6) is 5.48. The van der Waals surface area contributed by atoms with Gasteiger partial charge in [0.05, 0.1) is 11.4 Å². The number of rotatable bonds is 7. The maximum Gasteiger partial charge on any atom is 0.241 e. The minimum absolute atomic E-state index is 0.198. The second kappa shape index (κ2) is 8.80. The first kappa shape index (κ1) is 17.7. The molecule has 0 aromatic heterocycles. The van der Waals surface area contributed by atoms with Crippen molar-refractivity contribution in [2.45, 2.75) is 18.7 Å². The standard InChI is InChI=1S/C15H23N3O2S/c1-3-18(4-2)13-12-17-21(19,20)15-10-6-5-8-14(15)9-7-11-16/h5-6,8,10,17H,3-4,11-13,16H2,1-2H3. The molecule has 0 amide bonds. The van der Waals surface area contributed by atoms with E-state index in [4.69, 9.17) is 5.73 Å². The molecule has 1 aromatic rings. The molecular weight excluding hydrogens is 286 g/mol. The van der Waals surface area contributed by atoms with E-state index in [0.717, 1.165) is 13.1 Å². The van der Waals surface area contributed by atoms with Crippen molar-refractivity contribution in [1.82, 2.24) is 9.62 Å². The third kappa shape index (κ3) is 5.48. The zero-order valence-electron chi connectivity index (χ0n) is 12.6. The lowest BCUT2D eigenvalue weighted by molar-refractivity contribution is 0.309. The topological polar surface area (TPSA) is 75.4 Å². The van der Waals surface area contributed by atoms with Gasteiger partial charge in [-0.05, 0) is 25.2 Å². The fraction of sp³-hybridized carbons (Fsp3) is 0.467. The number of nitrogens with zero attached hydrogens (tertiary/aromatic N) is 1. The number of hydrogen-bond acceptors (Lipinski definition) is 4. The maximum absolute atomic E-state index is 12.3. The van der Waals surface area contributed by atoms with Crippen LogP contribution in [0.1, 0.15) is 19.4 Å². The first-order valence-corrected chi connectivity index (χ1v) is 8.53. The van der Waals surface area contributed by atoms with Gasteiger partial charge in [0, 0.05) is 18.7 Å². The second-order valence-electron chi connectivity index (χ2n) is 4.43. The third-order valence-electron chi connectivity index (χ3n) is 3.12. The van der Waals surface area contributed by atoms with Crippen molar-refractivity contribution in [2.24, 2.45) is 5.73 Å². The lowest BCUT2D eigenvalue weighted by Gasteiger charge is -2.18. The average Bonchev–Trinajstić information content (AvgIpc) is 2.49. The fourth-order valence-corrected chi connectivity index (χ4v) is 3.09. The van der Waals surface area contributed by atoms with Gasteiger partial charge in [0.15, 0.2) is 0 Å². The van der Waals surface area contributed by atoms with Crippen molar-refractivity contribution >= 4 is 10.0 Å². The van der Waals surface area contributed by atoms with E-state index in [-0.39, 0.29) is 11.4 Å². The van der Waals surface area contributed by atoms with Crippen molar-refractivity contribution < 1.29 is 8.42 Å². The van der Waals surface area contributed by atoms with E-state index in [1.165, 1.54) is 0 Å². The van der Waals surface area contributed by atoms with E-state index in [0.29, 0.717) is 18.7 Å². The molecular formula is C15H23N3O2S. The van der Waals surface area contributed by atoms with Crippen LogP contribution in [0.3, 0.4) is 0 Å². The van der Waals surface area contributed by atoms with Crippen LogP contribution in [0.25, 0.3) is 0 Å². The fourth-order valence-electron chi connectivity index (χ4n) is 1.91. The molecule has 3 N–H and O–H groups in total. The van der Waals surface area contributed by atoms with Gasteiger partial charge in [-0.25, -0.2) is 13.1 Å². The highest BCUT2D eigenvalue weighted by molar-refractivity contribution is 7.89. The molecule has 0 aliphatic carbocycles. The number of nitrogens with one attached hydrogen (secondary N) is 1. The van der Waals surface area contributed by atoms with Gasteiger partial charge in [-0.15, -0.1) is 0 Å². The van der Waals surface area contributed by atoms with Crippen LogP contribution >= 0.6 is 0 Å². The highest BCUT2D eigenvalue weighted by Crippen LogP contribution is 2.13. The molecule has 0 bridgehead atoms. The van der Waals surface area contributed by atoms with E-state index < -0.39 is 10.0 Å². The van der Waals surface area contributed by atoms with Crippen molar-refractivity contribution in [3.05, 3.63) is 29.8 Å². The van der Waals surface area contributed by atoms with Gasteiger partial charge in [0.1, 0.15) is 0 Å². The van der Waals surface area contributed by atoms with Gasteiger partial charge in [-0.2, -0.15) is 0 Å². The monoisotopic (exact) mass is 309 g/mol. The summed E-state index contributed by atoms with van der Waals surface area (Å²) in [6, 6.07) is 6.68. The highest BCUT2D eigenvalue weighted by Gasteiger charge is 2.16. The molecule has 1 rings (SSSR count). The number of sulfonamides is 1. The summed E-state index contributed by atoms with van der Waals surface area (Å²) in [7, 11) is -3.55. The summed E-state index contributed by atoms with van der Waals surface area (Å²) < 4.78 is 27.3. The number of benzene rings is 1. The van der Waals surface area contributed by atoms with Gasteiger partial charge in [-0.3, -0.25) is 0 Å². The molecule has 0 heterocycles. The van der Waals surface area contributed by atoms with Crippen molar-refractivity contribution in [3.63, 3.8) is 0 Å². The summed E-state index contributed by atoms with van der Waals surface area (Å²) in [4.78, 5) is 2.35. The van der Waals surface area contributed by atoms with Crippen LogP contribution in [0.4, 0.5) is 0 Å². The predicted octanol–water partition coefficient (Wildman–Crippen LogP) is 0.617. The van der Waals surface area contributed by atoms with E-state index in [9.17, 15) is 8.42 Å². The van der Waals surface area contributed by atoms with Crippen LogP contribution in [0, 0.1) is 11.8 Å². The maximum atomic E-state index is 12.3. The Morgan fingerprint density at radius 3 is 2.52 bits per heavy atom. The first-order valence-electron chi connectivity index (χ1n) is 7.05. The van der Waals surface area contributed by atoms with Crippen molar-refractivity contribution in [1.29, 1.82) is 0 Å². The minimum atomic E-state index is -3.55. The molecule has 21 heavy (non-hydrogen) atoms. The van der Waals surface area contributed by atoms with E-state index in [2.05, 4.69) is 35.3 Å². The second-order valence-corrected chi connectivity index (χ2v) is 6.16. The molecule has 0 fully saturated rings. The number of likely N-dealkylation sites (N-methyl/N-ethyl adjacent to an activating group) is 1. The molecule has 1 aromatic carbocycles. The molecule has 0 radical (unpaired) electrons. The lowest BCUT2D eigenvalue weighted by Crippen LogP contribution is -2.35. The number of nitrogens with two attached hydrogens (primary N) is 1. The molecule has 116 valence electrons. The van der Waals surface area contributed by atoms with Crippen LogP contribution in [0.15, 0.2) is 29.2 Å². The summed E-state index contributed by atoms with van der Waals surface area (Å²) in [6.07, 6.45) is 0. The Morgan fingerprint density at radius 1 is 1.24 bits per heavy atom. The van der Waals surface area contributed by atoms with Gasteiger partial charge in [-0.1, -0.05) is 37.8 Å². The Kier molecular flexibility index (Phi) is 7.40. The van der Waals surface area contributed by atoms with E-state index in [1.807, 2.05) is 0 Å². The van der Waals surface area contributed by atoms with Gasteiger partial charge < -0.3 is 10.6 Å². The van der Waals surface area contributed by atoms with Crippen LogP contribution in [0.2, 0.25) is 0 Å². The van der Waals surface area contributed by atoms with Crippen LogP contribution in [-0.4, -0.2) is 46.0 Å². The summed E-state index contributed by atoms with van der Waals surface area (Å²) >= 11 is 0. The highest BCUT2D eigenvalue weighted by atomic mass is 32.2. The average molecular weight is 309 g/mol. The van der Waals surface area contributed by atoms with Gasteiger partial charge in [0.25, 0.3) is 0 Å². The molecule has 0 atom stereocenters.